The Kier molecular flexibility index (Phi) is 6.30. The second-order valence-corrected chi connectivity index (χ2v) is 8.46. The third-order valence-corrected chi connectivity index (χ3v) is 5.04. The van der Waals surface area contributed by atoms with Crippen LogP contribution in [0.4, 0.5) is 4.79 Å². The van der Waals surface area contributed by atoms with Gasteiger partial charge in [-0.3, -0.25) is 9.36 Å². The predicted molar refractivity (Wildman–Crippen MR) is 111 cm³/mol. The zero-order valence-electron chi connectivity index (χ0n) is 17.4. The van der Waals surface area contributed by atoms with Gasteiger partial charge in [-0.25, -0.2) is 9.59 Å². The fourth-order valence-electron chi connectivity index (χ4n) is 3.71. The summed E-state index contributed by atoms with van der Waals surface area (Å²) in [7, 11) is 0. The van der Waals surface area contributed by atoms with Crippen LogP contribution in [0.1, 0.15) is 52.5 Å². The number of aromatic amines is 1. The molecule has 2 heterocycles. The first kappa shape index (κ1) is 21.0. The molecule has 0 spiro atoms. The van der Waals surface area contributed by atoms with Crippen LogP contribution < -0.4 is 11.0 Å². The van der Waals surface area contributed by atoms with Gasteiger partial charge in [0.15, 0.2) is 0 Å². The normalized spacial score (nSPS) is 15.5. The number of alkyl carbamates (subject to hydrolysis) is 1. The standard InChI is InChI=1S/C21H30N4O4/c1-21(2,3)29-20(28)22-12-6-9-18(26)24-13-10-15(11-14-24)25-17-8-5-4-7-16(17)23-19(25)27/h4-5,7-8,15H,6,9-14H2,1-3H3,(H,22,28)(H,23,27). The maximum Gasteiger partial charge on any atom is 0.407 e. The molecule has 1 aromatic heterocycles. The number of aromatic nitrogens is 2. The Morgan fingerprint density at radius 2 is 1.90 bits per heavy atom. The number of ether oxygens (including phenoxy) is 1. The second-order valence-electron chi connectivity index (χ2n) is 8.46. The molecule has 1 fully saturated rings. The number of nitrogens with zero attached hydrogens (tertiary/aromatic N) is 2. The van der Waals surface area contributed by atoms with Crippen LogP contribution >= 0.6 is 0 Å². The van der Waals surface area contributed by atoms with E-state index in [1.165, 1.54) is 0 Å². The van der Waals surface area contributed by atoms with E-state index in [0.717, 1.165) is 23.9 Å². The average molecular weight is 402 g/mol. The molecule has 0 radical (unpaired) electrons. The summed E-state index contributed by atoms with van der Waals surface area (Å²) < 4.78 is 6.99. The van der Waals surface area contributed by atoms with E-state index >= 15 is 0 Å². The molecule has 158 valence electrons. The zero-order valence-corrected chi connectivity index (χ0v) is 17.4. The second kappa shape index (κ2) is 8.71. The van der Waals surface area contributed by atoms with Gasteiger partial charge in [0.25, 0.3) is 0 Å². The minimum atomic E-state index is -0.531. The molecule has 29 heavy (non-hydrogen) atoms. The van der Waals surface area contributed by atoms with Gasteiger partial charge < -0.3 is 19.9 Å². The van der Waals surface area contributed by atoms with Gasteiger partial charge >= 0.3 is 11.8 Å². The van der Waals surface area contributed by atoms with E-state index in [9.17, 15) is 14.4 Å². The van der Waals surface area contributed by atoms with E-state index in [1.54, 1.807) is 0 Å². The van der Waals surface area contributed by atoms with Gasteiger partial charge in [0.1, 0.15) is 5.60 Å². The minimum absolute atomic E-state index is 0.0840. The average Bonchev–Trinajstić information content (AvgIpc) is 2.99. The monoisotopic (exact) mass is 402 g/mol. The van der Waals surface area contributed by atoms with Crippen LogP contribution in [0.25, 0.3) is 11.0 Å². The van der Waals surface area contributed by atoms with E-state index in [-0.39, 0.29) is 17.6 Å². The van der Waals surface area contributed by atoms with Crippen molar-refractivity contribution in [1.82, 2.24) is 19.8 Å². The van der Waals surface area contributed by atoms with Gasteiger partial charge in [-0.2, -0.15) is 0 Å². The number of nitrogens with one attached hydrogen (secondary N) is 2. The summed E-state index contributed by atoms with van der Waals surface area (Å²) in [5.41, 5.74) is 1.13. The molecule has 0 atom stereocenters. The summed E-state index contributed by atoms with van der Waals surface area (Å²) in [4.78, 5) is 41.2. The fourth-order valence-corrected chi connectivity index (χ4v) is 3.71. The molecule has 0 aliphatic carbocycles. The van der Waals surface area contributed by atoms with Crippen molar-refractivity contribution < 1.29 is 14.3 Å². The Hall–Kier alpha value is -2.77. The minimum Gasteiger partial charge on any atom is -0.444 e. The molecule has 2 aromatic rings. The van der Waals surface area contributed by atoms with Crippen LogP contribution in [0.5, 0.6) is 0 Å². The Morgan fingerprint density at radius 1 is 1.21 bits per heavy atom. The lowest BCUT2D eigenvalue weighted by Gasteiger charge is -2.32. The lowest BCUT2D eigenvalue weighted by atomic mass is 10.0. The van der Waals surface area contributed by atoms with Gasteiger partial charge in [-0.15, -0.1) is 0 Å². The van der Waals surface area contributed by atoms with Gasteiger partial charge in [0.2, 0.25) is 5.91 Å². The van der Waals surface area contributed by atoms with Crippen molar-refractivity contribution in [2.45, 2.75) is 58.1 Å². The Balaban J connectivity index is 1.44. The van der Waals surface area contributed by atoms with Crippen molar-refractivity contribution in [1.29, 1.82) is 0 Å². The van der Waals surface area contributed by atoms with E-state index in [0.29, 0.717) is 32.5 Å². The molecule has 8 nitrogen and oxygen atoms in total. The SMILES string of the molecule is CC(C)(C)OC(=O)NCCCC(=O)N1CCC(n2c(=O)[nH]c3ccccc32)CC1. The number of fused-ring (bicyclic) bond motifs is 1. The summed E-state index contributed by atoms with van der Waals surface area (Å²) in [6.45, 7) is 7.10. The summed E-state index contributed by atoms with van der Waals surface area (Å²) in [6.07, 6.45) is 2.00. The molecule has 1 saturated heterocycles. The Labute approximate surface area is 170 Å². The van der Waals surface area contributed by atoms with Crippen LogP contribution in [0.2, 0.25) is 0 Å². The molecule has 2 N–H and O–H groups in total. The van der Waals surface area contributed by atoms with Crippen LogP contribution in [-0.2, 0) is 9.53 Å². The van der Waals surface area contributed by atoms with Crippen molar-refractivity contribution in [3.05, 3.63) is 34.7 Å². The predicted octanol–water partition coefficient (Wildman–Crippen LogP) is 2.80. The number of likely N-dealkylation sites (tertiary alicyclic amines) is 1. The number of H-pyrrole nitrogens is 1. The van der Waals surface area contributed by atoms with Crippen molar-refractivity contribution in [2.24, 2.45) is 0 Å². The van der Waals surface area contributed by atoms with Crippen LogP contribution in [0, 0.1) is 0 Å². The van der Waals surface area contributed by atoms with Crippen molar-refractivity contribution >= 4 is 23.0 Å². The molecule has 2 amide bonds. The lowest BCUT2D eigenvalue weighted by Crippen LogP contribution is -2.40. The van der Waals surface area contributed by atoms with Crippen molar-refractivity contribution in [2.75, 3.05) is 19.6 Å². The summed E-state index contributed by atoms with van der Waals surface area (Å²) in [5.74, 6) is 0.0840. The number of imidazole rings is 1. The number of hydrogen-bond donors (Lipinski definition) is 2. The maximum absolute atomic E-state index is 12.5. The molecule has 1 aromatic carbocycles. The van der Waals surface area contributed by atoms with Crippen LogP contribution in [0.3, 0.4) is 0 Å². The van der Waals surface area contributed by atoms with Crippen LogP contribution in [0.15, 0.2) is 29.1 Å². The summed E-state index contributed by atoms with van der Waals surface area (Å²) >= 11 is 0. The molecule has 0 saturated carbocycles. The maximum atomic E-state index is 12.5. The number of hydrogen-bond acceptors (Lipinski definition) is 4. The third kappa shape index (κ3) is 5.40. The number of amides is 2. The van der Waals surface area contributed by atoms with Crippen molar-refractivity contribution in [3.8, 4) is 0 Å². The number of rotatable bonds is 5. The molecule has 1 aliphatic rings. The number of carbonyl (C=O) groups is 2. The quantitative estimate of drug-likeness (QED) is 0.752. The van der Waals surface area contributed by atoms with E-state index < -0.39 is 11.7 Å². The van der Waals surface area contributed by atoms with Gasteiger partial charge in [0, 0.05) is 32.1 Å². The summed E-state index contributed by atoms with van der Waals surface area (Å²) in [5, 5.41) is 2.67. The fraction of sp³-hybridized carbons (Fsp3) is 0.571. The smallest absolute Gasteiger partial charge is 0.407 e. The first-order valence-electron chi connectivity index (χ1n) is 10.2. The van der Waals surface area contributed by atoms with E-state index in [1.807, 2.05) is 54.5 Å². The molecular weight excluding hydrogens is 372 g/mol. The molecule has 0 bridgehead atoms. The molecule has 3 rings (SSSR count). The number of para-hydroxylation sites is 2. The van der Waals surface area contributed by atoms with E-state index in [2.05, 4.69) is 10.3 Å². The highest BCUT2D eigenvalue weighted by Crippen LogP contribution is 2.25. The summed E-state index contributed by atoms with van der Waals surface area (Å²) in [6, 6.07) is 7.77. The topological polar surface area (TPSA) is 96.4 Å². The van der Waals surface area contributed by atoms with E-state index in [4.69, 9.17) is 4.74 Å². The molecular formula is C21H30N4O4. The zero-order chi connectivity index (χ0) is 21.0. The Bertz CT molecular complexity index is 917. The number of benzene rings is 1. The highest BCUT2D eigenvalue weighted by molar-refractivity contribution is 5.77. The largest absolute Gasteiger partial charge is 0.444 e. The number of carbonyl (C=O) groups excluding carboxylic acids is 2. The van der Waals surface area contributed by atoms with Gasteiger partial charge in [0.05, 0.1) is 11.0 Å². The highest BCUT2D eigenvalue weighted by Gasteiger charge is 2.25. The first-order chi connectivity index (χ1) is 13.7. The van der Waals surface area contributed by atoms with Crippen LogP contribution in [-0.4, -0.2) is 51.7 Å². The molecule has 8 heteroatoms. The van der Waals surface area contributed by atoms with Gasteiger partial charge in [-0.1, -0.05) is 12.1 Å². The molecule has 0 unspecified atom stereocenters. The highest BCUT2D eigenvalue weighted by atomic mass is 16.6. The molecule has 1 aliphatic heterocycles. The lowest BCUT2D eigenvalue weighted by molar-refractivity contribution is -0.132. The first-order valence-corrected chi connectivity index (χ1v) is 10.2. The third-order valence-electron chi connectivity index (χ3n) is 5.04. The van der Waals surface area contributed by atoms with Gasteiger partial charge in [-0.05, 0) is 52.2 Å². The Morgan fingerprint density at radius 3 is 2.59 bits per heavy atom. The number of piperidine rings is 1. The van der Waals surface area contributed by atoms with Crippen molar-refractivity contribution in [3.63, 3.8) is 0 Å².